The summed E-state index contributed by atoms with van der Waals surface area (Å²) >= 11 is 0. The van der Waals surface area contributed by atoms with Gasteiger partial charge in [0.2, 0.25) is 0 Å². The molecule has 0 bridgehead atoms. The van der Waals surface area contributed by atoms with E-state index >= 15 is 0 Å². The summed E-state index contributed by atoms with van der Waals surface area (Å²) in [5.74, 6) is 0.241. The standard InChI is InChI=1S/C11H14O/c1-10(9-12)7-8-11-5-3-2-4-6-11/h2-8,10,12H,9H2,1H3/b8-7+/t10-/m0/s1. The summed E-state index contributed by atoms with van der Waals surface area (Å²) in [7, 11) is 0. The quantitative estimate of drug-likeness (QED) is 0.723. The molecule has 0 heterocycles. The minimum absolute atomic E-state index is 0.212. The average molecular weight is 162 g/mol. The van der Waals surface area contributed by atoms with E-state index in [1.165, 1.54) is 5.56 Å². The zero-order valence-corrected chi connectivity index (χ0v) is 7.27. The normalized spacial score (nSPS) is 13.5. The largest absolute Gasteiger partial charge is 0.396 e. The van der Waals surface area contributed by atoms with Crippen LogP contribution in [0.4, 0.5) is 0 Å². The van der Waals surface area contributed by atoms with E-state index in [0.29, 0.717) is 0 Å². The second-order valence-electron chi connectivity index (χ2n) is 2.93. The number of rotatable bonds is 3. The van der Waals surface area contributed by atoms with Crippen LogP contribution in [-0.4, -0.2) is 11.7 Å². The second-order valence-corrected chi connectivity index (χ2v) is 2.93. The topological polar surface area (TPSA) is 20.2 Å². The Hall–Kier alpha value is -1.08. The molecule has 1 rings (SSSR count). The van der Waals surface area contributed by atoms with Crippen molar-refractivity contribution in [3.8, 4) is 0 Å². The number of hydrogen-bond donors (Lipinski definition) is 1. The van der Waals surface area contributed by atoms with E-state index in [4.69, 9.17) is 5.11 Å². The lowest BCUT2D eigenvalue weighted by molar-refractivity contribution is 0.262. The van der Waals surface area contributed by atoms with Crippen LogP contribution in [0.25, 0.3) is 6.08 Å². The lowest BCUT2D eigenvalue weighted by Gasteiger charge is -1.98. The summed E-state index contributed by atoms with van der Waals surface area (Å²) in [6.07, 6.45) is 4.04. The predicted molar refractivity (Wildman–Crippen MR) is 51.7 cm³/mol. The molecule has 0 aliphatic heterocycles. The lowest BCUT2D eigenvalue weighted by atomic mass is 10.1. The molecule has 0 saturated carbocycles. The highest BCUT2D eigenvalue weighted by atomic mass is 16.3. The molecule has 0 aromatic heterocycles. The third kappa shape index (κ3) is 2.89. The number of hydrogen-bond acceptors (Lipinski definition) is 1. The summed E-state index contributed by atoms with van der Waals surface area (Å²) < 4.78 is 0. The molecular formula is C11H14O. The highest BCUT2D eigenvalue weighted by Gasteiger charge is 1.91. The maximum absolute atomic E-state index is 8.76. The number of aliphatic hydroxyl groups excluding tert-OH is 1. The lowest BCUT2D eigenvalue weighted by Crippen LogP contribution is -1.94. The molecule has 0 aliphatic rings. The van der Waals surface area contributed by atoms with Gasteiger partial charge in [-0.25, -0.2) is 0 Å². The van der Waals surface area contributed by atoms with Crippen LogP contribution in [-0.2, 0) is 0 Å². The van der Waals surface area contributed by atoms with Crippen molar-refractivity contribution in [1.29, 1.82) is 0 Å². The van der Waals surface area contributed by atoms with Crippen LogP contribution >= 0.6 is 0 Å². The van der Waals surface area contributed by atoms with Crippen LogP contribution in [0.2, 0.25) is 0 Å². The number of benzene rings is 1. The molecule has 0 aliphatic carbocycles. The molecule has 0 radical (unpaired) electrons. The van der Waals surface area contributed by atoms with Gasteiger partial charge in [0.25, 0.3) is 0 Å². The van der Waals surface area contributed by atoms with E-state index in [-0.39, 0.29) is 12.5 Å². The van der Waals surface area contributed by atoms with E-state index in [9.17, 15) is 0 Å². The maximum atomic E-state index is 8.76. The Morgan fingerprint density at radius 1 is 1.33 bits per heavy atom. The van der Waals surface area contributed by atoms with E-state index in [0.717, 1.165) is 0 Å². The Kier molecular flexibility index (Phi) is 3.55. The van der Waals surface area contributed by atoms with Crippen molar-refractivity contribution in [2.24, 2.45) is 5.92 Å². The van der Waals surface area contributed by atoms with Crippen molar-refractivity contribution in [2.75, 3.05) is 6.61 Å². The maximum Gasteiger partial charge on any atom is 0.0491 e. The van der Waals surface area contributed by atoms with Gasteiger partial charge in [0.1, 0.15) is 0 Å². The summed E-state index contributed by atoms with van der Waals surface area (Å²) in [6.45, 7) is 2.20. The first-order chi connectivity index (χ1) is 5.83. The van der Waals surface area contributed by atoms with Crippen molar-refractivity contribution in [1.82, 2.24) is 0 Å². The van der Waals surface area contributed by atoms with Gasteiger partial charge in [0, 0.05) is 6.61 Å². The Morgan fingerprint density at radius 2 is 2.00 bits per heavy atom. The van der Waals surface area contributed by atoms with Gasteiger partial charge in [0.05, 0.1) is 0 Å². The smallest absolute Gasteiger partial charge is 0.0491 e. The molecule has 1 N–H and O–H groups in total. The highest BCUT2D eigenvalue weighted by Crippen LogP contribution is 2.04. The van der Waals surface area contributed by atoms with Gasteiger partial charge in [-0.3, -0.25) is 0 Å². The molecular weight excluding hydrogens is 148 g/mol. The molecule has 1 aromatic carbocycles. The van der Waals surface area contributed by atoms with Gasteiger partial charge in [-0.2, -0.15) is 0 Å². The van der Waals surface area contributed by atoms with E-state index in [2.05, 4.69) is 0 Å². The summed E-state index contributed by atoms with van der Waals surface area (Å²) in [4.78, 5) is 0. The Morgan fingerprint density at radius 3 is 2.58 bits per heavy atom. The third-order valence-electron chi connectivity index (χ3n) is 1.70. The molecule has 12 heavy (non-hydrogen) atoms. The van der Waals surface area contributed by atoms with Crippen molar-refractivity contribution in [3.63, 3.8) is 0 Å². The van der Waals surface area contributed by atoms with Gasteiger partial charge in [-0.1, -0.05) is 49.4 Å². The Bertz CT molecular complexity index is 238. The molecule has 1 atom stereocenters. The minimum atomic E-state index is 0.212. The zero-order valence-electron chi connectivity index (χ0n) is 7.27. The first kappa shape index (κ1) is 9.01. The Balaban J connectivity index is 2.58. The molecule has 0 amide bonds. The fraction of sp³-hybridized carbons (Fsp3) is 0.273. The predicted octanol–water partition coefficient (Wildman–Crippen LogP) is 2.33. The summed E-state index contributed by atoms with van der Waals surface area (Å²) in [5, 5.41) is 8.76. The van der Waals surface area contributed by atoms with Gasteiger partial charge in [-0.15, -0.1) is 0 Å². The fourth-order valence-electron chi connectivity index (χ4n) is 0.900. The monoisotopic (exact) mass is 162 g/mol. The van der Waals surface area contributed by atoms with Crippen LogP contribution in [0.3, 0.4) is 0 Å². The van der Waals surface area contributed by atoms with Gasteiger partial charge >= 0.3 is 0 Å². The molecule has 0 spiro atoms. The summed E-state index contributed by atoms with van der Waals surface area (Å²) in [6, 6.07) is 10.1. The molecule has 0 fully saturated rings. The van der Waals surface area contributed by atoms with Gasteiger partial charge in [-0.05, 0) is 11.5 Å². The first-order valence-electron chi connectivity index (χ1n) is 4.17. The van der Waals surface area contributed by atoms with Crippen molar-refractivity contribution < 1.29 is 5.11 Å². The van der Waals surface area contributed by atoms with Crippen molar-refractivity contribution in [2.45, 2.75) is 6.92 Å². The van der Waals surface area contributed by atoms with Crippen molar-refractivity contribution in [3.05, 3.63) is 42.0 Å². The minimum Gasteiger partial charge on any atom is -0.396 e. The van der Waals surface area contributed by atoms with E-state index < -0.39 is 0 Å². The zero-order chi connectivity index (χ0) is 8.81. The fourth-order valence-corrected chi connectivity index (χ4v) is 0.900. The van der Waals surface area contributed by atoms with E-state index in [1.54, 1.807) is 0 Å². The van der Waals surface area contributed by atoms with Crippen LogP contribution < -0.4 is 0 Å². The Labute approximate surface area is 73.4 Å². The highest BCUT2D eigenvalue weighted by molar-refractivity contribution is 5.48. The molecule has 0 saturated heterocycles. The molecule has 0 unspecified atom stereocenters. The van der Waals surface area contributed by atoms with Gasteiger partial charge < -0.3 is 5.11 Å². The van der Waals surface area contributed by atoms with Gasteiger partial charge in [0.15, 0.2) is 0 Å². The van der Waals surface area contributed by atoms with E-state index in [1.807, 2.05) is 49.4 Å². The average Bonchev–Trinajstić information content (AvgIpc) is 2.16. The molecule has 1 nitrogen and oxygen atoms in total. The molecule has 64 valence electrons. The summed E-state index contributed by atoms with van der Waals surface area (Å²) in [5.41, 5.74) is 1.18. The first-order valence-corrected chi connectivity index (χ1v) is 4.17. The van der Waals surface area contributed by atoms with Crippen LogP contribution in [0.1, 0.15) is 12.5 Å². The van der Waals surface area contributed by atoms with Crippen LogP contribution in [0, 0.1) is 5.92 Å². The SMILES string of the molecule is C[C@@H](/C=C/c1ccccc1)CO. The van der Waals surface area contributed by atoms with Crippen molar-refractivity contribution >= 4 is 6.08 Å². The molecule has 1 heteroatoms. The van der Waals surface area contributed by atoms with Crippen LogP contribution in [0.15, 0.2) is 36.4 Å². The second kappa shape index (κ2) is 4.73. The number of aliphatic hydroxyl groups is 1. The van der Waals surface area contributed by atoms with Crippen LogP contribution in [0.5, 0.6) is 0 Å². The third-order valence-corrected chi connectivity index (χ3v) is 1.70. The molecule has 1 aromatic rings.